The van der Waals surface area contributed by atoms with Crippen LogP contribution in [-0.2, 0) is 9.73 Å². The van der Waals surface area contributed by atoms with Crippen LogP contribution < -0.4 is 4.90 Å². The summed E-state index contributed by atoms with van der Waals surface area (Å²) in [4.78, 5) is 15.4. The summed E-state index contributed by atoms with van der Waals surface area (Å²) >= 11 is 0. The first kappa shape index (κ1) is 20.6. The van der Waals surface area contributed by atoms with Crippen LogP contribution in [0.3, 0.4) is 0 Å². The van der Waals surface area contributed by atoms with E-state index in [4.69, 9.17) is 0 Å². The quantitative estimate of drug-likeness (QED) is 0.626. The Morgan fingerprint density at radius 1 is 1.20 bits per heavy atom. The zero-order valence-electron chi connectivity index (χ0n) is 17.1. The molecule has 0 aliphatic carbocycles. The summed E-state index contributed by atoms with van der Waals surface area (Å²) in [7, 11) is -2.20. The van der Waals surface area contributed by atoms with Crippen LogP contribution in [0.15, 0.2) is 41.2 Å². The molecule has 0 unspecified atom stereocenters. The summed E-state index contributed by atoms with van der Waals surface area (Å²) in [5.41, 5.74) is 1.71. The smallest absolute Gasteiger partial charge is 0.265 e. The van der Waals surface area contributed by atoms with Crippen molar-refractivity contribution in [3.63, 3.8) is 0 Å². The van der Waals surface area contributed by atoms with E-state index in [0.717, 1.165) is 13.0 Å². The molecular weight excluding hydrogens is 410 g/mol. The van der Waals surface area contributed by atoms with Crippen LogP contribution in [0.5, 0.6) is 0 Å². The maximum Gasteiger partial charge on any atom is 0.265 e. The van der Waals surface area contributed by atoms with E-state index < -0.39 is 16.2 Å². The number of imidazole rings is 1. The molecule has 30 heavy (non-hydrogen) atoms. The Hall–Kier alpha value is -2.62. The van der Waals surface area contributed by atoms with Crippen LogP contribution >= 0.6 is 0 Å². The van der Waals surface area contributed by atoms with Gasteiger partial charge >= 0.3 is 0 Å². The van der Waals surface area contributed by atoms with Gasteiger partial charge in [0, 0.05) is 53.3 Å². The average molecular weight is 435 g/mol. The van der Waals surface area contributed by atoms with Gasteiger partial charge in [-0.1, -0.05) is 6.92 Å². The molecule has 1 aliphatic rings. The molecule has 0 amide bonds. The molecule has 1 aliphatic heterocycles. The van der Waals surface area contributed by atoms with Crippen LogP contribution in [0.1, 0.15) is 25.3 Å². The second kappa shape index (κ2) is 7.90. The van der Waals surface area contributed by atoms with E-state index in [9.17, 15) is 13.0 Å². The number of nitrogens with zero attached hydrogens (tertiary/aromatic N) is 6. The minimum Gasteiger partial charge on any atom is -0.338 e. The van der Waals surface area contributed by atoms with Gasteiger partial charge in [-0.15, -0.1) is 0 Å². The Labute approximate surface area is 174 Å². The topological polar surface area (TPSA) is 75.8 Å². The van der Waals surface area contributed by atoms with Gasteiger partial charge in [0.05, 0.1) is 23.6 Å². The van der Waals surface area contributed by atoms with Crippen molar-refractivity contribution in [1.29, 1.82) is 0 Å². The Kier molecular flexibility index (Phi) is 5.44. The number of alkyl halides is 2. The highest BCUT2D eigenvalue weighted by Crippen LogP contribution is 2.27. The molecule has 0 spiro atoms. The Morgan fingerprint density at radius 2 is 2.00 bits per heavy atom. The molecule has 3 aromatic rings. The van der Waals surface area contributed by atoms with Crippen LogP contribution in [0, 0.1) is 5.92 Å². The third-order valence-electron chi connectivity index (χ3n) is 5.01. The van der Waals surface area contributed by atoms with Gasteiger partial charge in [-0.05, 0) is 30.5 Å². The summed E-state index contributed by atoms with van der Waals surface area (Å²) in [5.74, 6) is 0.892. The molecule has 10 heteroatoms. The molecule has 2 atom stereocenters. The second-order valence-corrected chi connectivity index (χ2v) is 10.6. The number of fused-ring (bicyclic) bond motifs is 1. The van der Waals surface area contributed by atoms with Crippen molar-refractivity contribution < 1.29 is 13.0 Å². The highest BCUT2D eigenvalue weighted by atomic mass is 32.2. The SMILES string of the molecule is C[C@@H]1C[C@H](N=S(C)(C)=O)CN(c2nccc(-c3cnc4ccc(C(F)F)cn34)n2)C1. The standard InChI is InChI=1S/C20H24F2N6OS/c1-13-8-15(26-30(2,3)29)12-27(10-13)20-23-7-6-16(25-20)17-9-24-18-5-4-14(19(21)22)11-28(17)18/h4-7,9,11,13,15,19H,8,10,12H2,1-3H3/t13-,15+/m1/s1. The van der Waals surface area contributed by atoms with Crippen LogP contribution in [0.4, 0.5) is 14.7 Å². The van der Waals surface area contributed by atoms with E-state index >= 15 is 0 Å². The van der Waals surface area contributed by atoms with E-state index in [0.29, 0.717) is 35.4 Å². The van der Waals surface area contributed by atoms with Gasteiger partial charge in [-0.25, -0.2) is 28.1 Å². The molecular formula is C20H24F2N6OS. The van der Waals surface area contributed by atoms with Crippen LogP contribution in [-0.4, -0.2) is 55.2 Å². The number of halogens is 2. The summed E-state index contributed by atoms with van der Waals surface area (Å²) in [6.45, 7) is 3.49. The lowest BCUT2D eigenvalue weighted by Crippen LogP contribution is -2.42. The molecule has 1 fully saturated rings. The van der Waals surface area contributed by atoms with Gasteiger partial charge in [0.1, 0.15) is 5.65 Å². The van der Waals surface area contributed by atoms with Crippen molar-refractivity contribution >= 4 is 21.3 Å². The molecule has 3 aromatic heterocycles. The predicted octanol–water partition coefficient (Wildman–Crippen LogP) is 3.67. The molecule has 4 heterocycles. The van der Waals surface area contributed by atoms with Gasteiger partial charge in [0.25, 0.3) is 6.43 Å². The van der Waals surface area contributed by atoms with Gasteiger partial charge < -0.3 is 4.90 Å². The second-order valence-electron chi connectivity index (χ2n) is 8.06. The summed E-state index contributed by atoms with van der Waals surface area (Å²) < 4.78 is 44.5. The third-order valence-corrected chi connectivity index (χ3v) is 5.82. The predicted molar refractivity (Wildman–Crippen MR) is 113 cm³/mol. The van der Waals surface area contributed by atoms with Gasteiger partial charge in [-0.3, -0.25) is 8.61 Å². The molecule has 0 N–H and O–H groups in total. The zero-order valence-corrected chi connectivity index (χ0v) is 17.9. The van der Waals surface area contributed by atoms with Crippen molar-refractivity contribution in [2.45, 2.75) is 25.8 Å². The van der Waals surface area contributed by atoms with E-state index in [-0.39, 0.29) is 11.6 Å². The van der Waals surface area contributed by atoms with Crippen LogP contribution in [0.2, 0.25) is 0 Å². The highest BCUT2D eigenvalue weighted by molar-refractivity contribution is 7.92. The molecule has 160 valence electrons. The van der Waals surface area contributed by atoms with Crippen molar-refractivity contribution in [1.82, 2.24) is 19.4 Å². The first-order valence-corrected chi connectivity index (χ1v) is 12.0. The summed E-state index contributed by atoms with van der Waals surface area (Å²) in [5, 5.41) is 0. The first-order valence-electron chi connectivity index (χ1n) is 9.69. The minimum absolute atomic E-state index is 0.0482. The lowest BCUT2D eigenvalue weighted by atomic mass is 9.97. The van der Waals surface area contributed by atoms with E-state index in [1.165, 1.54) is 12.3 Å². The number of pyridine rings is 1. The molecule has 0 bridgehead atoms. The molecule has 1 saturated heterocycles. The van der Waals surface area contributed by atoms with Crippen LogP contribution in [0.25, 0.3) is 17.0 Å². The molecule has 0 radical (unpaired) electrons. The lowest BCUT2D eigenvalue weighted by Gasteiger charge is -2.34. The molecule has 4 rings (SSSR count). The Bertz CT molecular complexity index is 1180. The van der Waals surface area contributed by atoms with Crippen molar-refractivity contribution in [3.8, 4) is 11.4 Å². The number of hydrogen-bond donors (Lipinski definition) is 0. The largest absolute Gasteiger partial charge is 0.338 e. The van der Waals surface area contributed by atoms with E-state index in [1.54, 1.807) is 41.4 Å². The number of piperidine rings is 1. The van der Waals surface area contributed by atoms with Gasteiger partial charge in [0.2, 0.25) is 5.95 Å². The normalized spacial score (nSPS) is 20.1. The fourth-order valence-corrected chi connectivity index (χ4v) is 4.75. The zero-order chi connectivity index (χ0) is 21.5. The molecule has 7 nitrogen and oxygen atoms in total. The van der Waals surface area contributed by atoms with Crippen molar-refractivity contribution in [2.24, 2.45) is 10.3 Å². The Balaban J connectivity index is 1.69. The van der Waals surface area contributed by atoms with E-state index in [2.05, 4.69) is 26.2 Å². The van der Waals surface area contributed by atoms with Gasteiger partial charge in [0.15, 0.2) is 0 Å². The summed E-state index contributed by atoms with van der Waals surface area (Å²) in [6.07, 6.45) is 6.27. The fraction of sp³-hybridized carbons (Fsp3) is 0.450. The highest BCUT2D eigenvalue weighted by Gasteiger charge is 2.27. The number of rotatable bonds is 4. The third kappa shape index (κ3) is 4.43. The lowest BCUT2D eigenvalue weighted by molar-refractivity contribution is 0.151. The first-order chi connectivity index (χ1) is 14.2. The number of aromatic nitrogens is 4. The van der Waals surface area contributed by atoms with E-state index in [1.807, 2.05) is 4.90 Å². The minimum atomic E-state index is -2.56. The molecule has 0 aromatic carbocycles. The maximum absolute atomic E-state index is 13.1. The molecule has 0 saturated carbocycles. The fourth-order valence-electron chi connectivity index (χ4n) is 3.88. The van der Waals surface area contributed by atoms with Gasteiger partial charge in [-0.2, -0.15) is 0 Å². The maximum atomic E-state index is 13.1. The Morgan fingerprint density at radius 3 is 2.73 bits per heavy atom. The van der Waals surface area contributed by atoms with Crippen molar-refractivity contribution in [2.75, 3.05) is 30.5 Å². The number of anilines is 1. The summed E-state index contributed by atoms with van der Waals surface area (Å²) in [6, 6.07) is 4.63. The monoisotopic (exact) mass is 434 g/mol. The van der Waals surface area contributed by atoms with Crippen molar-refractivity contribution in [3.05, 3.63) is 42.4 Å². The number of hydrogen-bond acceptors (Lipinski definition) is 6. The average Bonchev–Trinajstić information content (AvgIpc) is 3.09.